The maximum absolute atomic E-state index is 13.0. The third-order valence-electron chi connectivity index (χ3n) is 7.24. The molecule has 5 aromatic heterocycles. The van der Waals surface area contributed by atoms with Crippen LogP contribution in [0, 0.1) is 22.7 Å². The molecule has 4 N–H and O–H groups in total. The summed E-state index contributed by atoms with van der Waals surface area (Å²) in [5.41, 5.74) is 3.48. The maximum atomic E-state index is 13.0. The number of halogens is 7. The van der Waals surface area contributed by atoms with Crippen LogP contribution in [0.25, 0.3) is 5.82 Å². The van der Waals surface area contributed by atoms with Crippen molar-refractivity contribution in [3.63, 3.8) is 0 Å². The van der Waals surface area contributed by atoms with Gasteiger partial charge in [-0.3, -0.25) is 19.8 Å². The summed E-state index contributed by atoms with van der Waals surface area (Å²) in [4.78, 5) is 39.3. The van der Waals surface area contributed by atoms with Crippen molar-refractivity contribution in [2.24, 2.45) is 0 Å². The van der Waals surface area contributed by atoms with Crippen LogP contribution < -0.4 is 5.73 Å². The van der Waals surface area contributed by atoms with Gasteiger partial charge in [-0.1, -0.05) is 48.0 Å². The predicted molar refractivity (Wildman–Crippen MR) is 196 cm³/mol. The van der Waals surface area contributed by atoms with E-state index in [9.17, 15) is 35.9 Å². The van der Waals surface area contributed by atoms with Crippen molar-refractivity contribution >= 4 is 29.0 Å². The van der Waals surface area contributed by atoms with Gasteiger partial charge < -0.3 is 5.73 Å². The fourth-order valence-corrected chi connectivity index (χ4v) is 4.82. The van der Waals surface area contributed by atoms with E-state index in [0.717, 1.165) is 18.2 Å². The van der Waals surface area contributed by atoms with Gasteiger partial charge in [0.05, 0.1) is 35.9 Å². The van der Waals surface area contributed by atoms with Gasteiger partial charge in [0.25, 0.3) is 0 Å². The number of H-pyrrole nitrogens is 2. The van der Waals surface area contributed by atoms with Gasteiger partial charge in [-0.05, 0) is 30.3 Å². The highest BCUT2D eigenvalue weighted by molar-refractivity contribution is 6.30. The highest BCUT2D eigenvalue weighted by atomic mass is 35.5. The normalized spacial score (nSPS) is 10.6. The molecule has 0 spiro atoms. The molecule has 0 fully saturated rings. The molecule has 7 aromatic rings. The molecule has 5 heterocycles. The number of hydrogen-bond acceptors (Lipinski definition) is 12. The number of hydrogen-bond donors (Lipinski definition) is 3. The predicted octanol–water partition coefficient (Wildman–Crippen LogP) is 6.83. The lowest BCUT2D eigenvalue weighted by Crippen LogP contribution is -2.14. The number of carbonyl (C=O) groups is 2. The molecule has 0 saturated carbocycles. The molecule has 0 aliphatic heterocycles. The van der Waals surface area contributed by atoms with E-state index in [1.807, 2.05) is 6.07 Å². The lowest BCUT2D eigenvalue weighted by Gasteiger charge is -2.11. The summed E-state index contributed by atoms with van der Waals surface area (Å²) in [6.07, 6.45) is 0.499. The van der Waals surface area contributed by atoms with E-state index >= 15 is 0 Å². The van der Waals surface area contributed by atoms with Crippen molar-refractivity contribution in [1.29, 1.82) is 10.5 Å². The summed E-state index contributed by atoms with van der Waals surface area (Å²) < 4.78 is 78.5. The van der Waals surface area contributed by atoms with Gasteiger partial charge in [0.1, 0.15) is 18.0 Å². The molecule has 7 rings (SSSR count). The Hall–Kier alpha value is -7.78. The number of ketones is 2. The number of nitrogens with one attached hydrogen (secondary N) is 2. The monoisotopic (exact) mass is 833 g/mol. The first kappa shape index (κ1) is 43.9. The number of Topliss-reactive ketones (excluding diaryl/α,β-unsaturated/α-hetero) is 2. The highest BCUT2D eigenvalue weighted by Crippen LogP contribution is 2.33. The van der Waals surface area contributed by atoms with Crippen molar-refractivity contribution < 1.29 is 35.9 Å². The molecule has 59 heavy (non-hydrogen) atoms. The average molecular weight is 834 g/mol. The lowest BCUT2D eigenvalue weighted by molar-refractivity contribution is -0.138. The van der Waals surface area contributed by atoms with Gasteiger partial charge in [-0.2, -0.15) is 52.2 Å². The summed E-state index contributed by atoms with van der Waals surface area (Å²) in [5, 5.41) is 33.9. The Morgan fingerprint density at radius 3 is 1.68 bits per heavy atom. The van der Waals surface area contributed by atoms with Gasteiger partial charge in [0.15, 0.2) is 33.9 Å². The van der Waals surface area contributed by atoms with Gasteiger partial charge in [0, 0.05) is 54.0 Å². The second-order valence-corrected chi connectivity index (χ2v) is 11.6. The van der Waals surface area contributed by atoms with E-state index in [4.69, 9.17) is 27.9 Å². The molecule has 0 amide bonds. The molecule has 15 nitrogen and oxygen atoms in total. The molecule has 0 radical (unpaired) electrons. The van der Waals surface area contributed by atoms with Crippen LogP contribution in [0.5, 0.6) is 0 Å². The second kappa shape index (κ2) is 20.4. The Kier molecular flexibility index (Phi) is 15.2. The number of anilines is 1. The molecule has 0 atom stereocenters. The van der Waals surface area contributed by atoms with Crippen LogP contribution >= 0.6 is 11.6 Å². The lowest BCUT2D eigenvalue weighted by atomic mass is 10.0. The standard InChI is InChI=1S/C17H10F3N5O.C12H9F3N2O.C5H2ClN3.C3H5N3/c18-17(19,20)13-4-2-1-3-12(13)15(26)9-11-5-8-25(24-11)16-14(10-21)22-6-7-23-16;13-12(14,15)10-4-2-1-3-9(10)11(18)7-8-5-6-16-17-8;6-5-4(3-7)8-1-2-9-5;4-3-1-2-5-6-3/h1-8H,9H2;1-6H,7H2,(H,16,17);1-2H;1-2H,(H3,4,5,6). The average Bonchev–Trinajstić information content (AvgIpc) is 4.03. The minimum absolute atomic E-state index is 0.0379. The number of aromatic nitrogens is 10. The number of nitrogens with zero attached hydrogens (tertiary/aromatic N) is 10. The number of nitriles is 2. The number of carbonyl (C=O) groups excluding carboxylic acids is 2. The number of benzene rings is 2. The molecule has 0 aliphatic carbocycles. The Labute approximate surface area is 334 Å². The van der Waals surface area contributed by atoms with Crippen LogP contribution in [0.2, 0.25) is 5.15 Å². The minimum Gasteiger partial charge on any atom is -0.384 e. The topological polar surface area (TPSA) is 234 Å². The number of nitrogen functional groups attached to an aromatic ring is 1. The van der Waals surface area contributed by atoms with Gasteiger partial charge in [-0.15, -0.1) is 0 Å². The van der Waals surface area contributed by atoms with Gasteiger partial charge in [-0.25, -0.2) is 24.6 Å². The Morgan fingerprint density at radius 1 is 0.678 bits per heavy atom. The first-order valence-corrected chi connectivity index (χ1v) is 16.7. The van der Waals surface area contributed by atoms with Crippen LogP contribution in [0.4, 0.5) is 32.2 Å². The first-order valence-electron chi connectivity index (χ1n) is 16.4. The zero-order valence-corrected chi connectivity index (χ0v) is 30.6. The Balaban J connectivity index is 0.000000199. The zero-order chi connectivity index (χ0) is 43.0. The highest BCUT2D eigenvalue weighted by Gasteiger charge is 2.35. The third-order valence-corrected chi connectivity index (χ3v) is 7.52. The largest absolute Gasteiger partial charge is 0.417 e. The van der Waals surface area contributed by atoms with E-state index in [-0.39, 0.29) is 46.5 Å². The number of rotatable bonds is 7. The van der Waals surface area contributed by atoms with Crippen LogP contribution in [0.15, 0.2) is 110 Å². The third kappa shape index (κ3) is 12.9. The summed E-state index contributed by atoms with van der Waals surface area (Å²) in [7, 11) is 0. The van der Waals surface area contributed by atoms with Crippen molar-refractivity contribution in [1.82, 2.24) is 50.1 Å². The molecule has 0 unspecified atom stereocenters. The van der Waals surface area contributed by atoms with Gasteiger partial charge in [0.2, 0.25) is 0 Å². The van der Waals surface area contributed by atoms with E-state index in [1.165, 1.54) is 78.3 Å². The summed E-state index contributed by atoms with van der Waals surface area (Å²) in [6, 6.07) is 17.7. The van der Waals surface area contributed by atoms with Crippen LogP contribution in [0.1, 0.15) is 54.6 Å². The van der Waals surface area contributed by atoms with Crippen molar-refractivity contribution in [2.45, 2.75) is 25.2 Å². The van der Waals surface area contributed by atoms with Crippen LogP contribution in [-0.4, -0.2) is 61.7 Å². The molecular formula is C37H26ClF6N13O2. The van der Waals surface area contributed by atoms with Crippen LogP contribution in [0.3, 0.4) is 0 Å². The summed E-state index contributed by atoms with van der Waals surface area (Å²) in [5.74, 6) is -0.519. The van der Waals surface area contributed by atoms with Crippen LogP contribution in [-0.2, 0) is 25.2 Å². The van der Waals surface area contributed by atoms with Gasteiger partial charge >= 0.3 is 12.4 Å². The molecule has 0 aliphatic rings. The quantitative estimate of drug-likeness (QED) is 0.111. The summed E-state index contributed by atoms with van der Waals surface area (Å²) in [6.45, 7) is 0. The number of nitrogens with two attached hydrogens (primary N) is 1. The van der Waals surface area contributed by atoms with E-state index in [0.29, 0.717) is 11.5 Å². The smallest absolute Gasteiger partial charge is 0.384 e. The number of aromatic amines is 2. The SMILES string of the molecule is N#Cc1nccnc1-n1ccc(CC(=O)c2ccccc2C(F)(F)F)n1.N#Cc1nccnc1Cl.Nc1ccn[nH]1.O=C(Cc1ccn[nH]1)c1ccccc1C(F)(F)F. The summed E-state index contributed by atoms with van der Waals surface area (Å²) >= 11 is 5.43. The molecule has 2 aromatic carbocycles. The maximum Gasteiger partial charge on any atom is 0.417 e. The fraction of sp³-hybridized carbons (Fsp3) is 0.108. The van der Waals surface area contributed by atoms with Crippen molar-refractivity contribution in [3.8, 4) is 18.0 Å². The van der Waals surface area contributed by atoms with E-state index in [2.05, 4.69) is 45.4 Å². The molecular weight excluding hydrogens is 808 g/mol. The van der Waals surface area contributed by atoms with E-state index in [1.54, 1.807) is 24.4 Å². The first-order chi connectivity index (χ1) is 28.1. The minimum atomic E-state index is -4.62. The van der Waals surface area contributed by atoms with Crippen molar-refractivity contribution in [2.75, 3.05) is 5.73 Å². The number of alkyl halides is 6. The Morgan fingerprint density at radius 2 is 1.20 bits per heavy atom. The molecule has 0 bridgehead atoms. The molecule has 22 heteroatoms. The second-order valence-electron chi connectivity index (χ2n) is 11.3. The molecule has 0 saturated heterocycles. The van der Waals surface area contributed by atoms with E-state index < -0.39 is 40.6 Å². The van der Waals surface area contributed by atoms with Crippen molar-refractivity contribution in [3.05, 3.63) is 160 Å². The zero-order valence-electron chi connectivity index (χ0n) is 29.8. The fourth-order valence-electron chi connectivity index (χ4n) is 4.67. The molecule has 300 valence electrons. The Bertz CT molecular complexity index is 2550.